The minimum Gasteiger partial charge on any atom is -0.438 e. The Bertz CT molecular complexity index is 736. The van der Waals surface area contributed by atoms with E-state index in [1.54, 1.807) is 12.1 Å². The third kappa shape index (κ3) is 2.94. The first-order valence-corrected chi connectivity index (χ1v) is 7.05. The summed E-state index contributed by atoms with van der Waals surface area (Å²) < 4.78 is 5.94. The highest BCUT2D eigenvalue weighted by Gasteiger charge is 2.21. The van der Waals surface area contributed by atoms with E-state index >= 15 is 0 Å². The molecule has 0 aliphatic rings. The third-order valence-electron chi connectivity index (χ3n) is 2.27. The van der Waals surface area contributed by atoms with Gasteiger partial charge < -0.3 is 4.74 Å². The highest BCUT2D eigenvalue weighted by Crippen LogP contribution is 2.38. The van der Waals surface area contributed by atoms with Crippen molar-refractivity contribution in [2.45, 2.75) is 0 Å². The average molecular weight is 400 g/mol. The SMILES string of the molecule is N#Cc1cc(I)c(Oc2ccc(C=O)s2)c([N+](=O)[O-])c1. The molecule has 0 unspecified atom stereocenters. The van der Waals surface area contributed by atoms with Gasteiger partial charge in [0.15, 0.2) is 11.3 Å². The van der Waals surface area contributed by atoms with Crippen LogP contribution >= 0.6 is 33.9 Å². The van der Waals surface area contributed by atoms with Crippen molar-refractivity contribution in [1.82, 2.24) is 0 Å². The fourth-order valence-corrected chi connectivity index (χ4v) is 2.83. The van der Waals surface area contributed by atoms with Crippen LogP contribution in [0.25, 0.3) is 0 Å². The van der Waals surface area contributed by atoms with Crippen molar-refractivity contribution in [3.63, 3.8) is 0 Å². The van der Waals surface area contributed by atoms with Crippen molar-refractivity contribution in [2.75, 3.05) is 0 Å². The molecule has 1 aromatic heterocycles. The summed E-state index contributed by atoms with van der Waals surface area (Å²) in [7, 11) is 0. The molecule has 0 spiro atoms. The topological polar surface area (TPSA) is 93.2 Å². The van der Waals surface area contributed by atoms with Crippen molar-refractivity contribution in [1.29, 1.82) is 5.26 Å². The first-order chi connectivity index (χ1) is 9.55. The van der Waals surface area contributed by atoms with Crippen molar-refractivity contribution >= 4 is 45.9 Å². The molecule has 0 fully saturated rings. The maximum absolute atomic E-state index is 11.1. The van der Waals surface area contributed by atoms with Crippen molar-refractivity contribution in [3.8, 4) is 16.9 Å². The van der Waals surface area contributed by atoms with Crippen LogP contribution in [0.15, 0.2) is 24.3 Å². The molecule has 0 saturated carbocycles. The predicted octanol–water partition coefficient (Wildman–Crippen LogP) is 3.74. The lowest BCUT2D eigenvalue weighted by Gasteiger charge is -2.06. The van der Waals surface area contributed by atoms with Crippen LogP contribution in [0.5, 0.6) is 10.8 Å². The fourth-order valence-electron chi connectivity index (χ4n) is 1.43. The maximum Gasteiger partial charge on any atom is 0.314 e. The van der Waals surface area contributed by atoms with Gasteiger partial charge in [0, 0.05) is 6.07 Å². The molecule has 2 aromatic rings. The van der Waals surface area contributed by atoms with Crippen LogP contribution in [0.4, 0.5) is 5.69 Å². The number of carbonyl (C=O) groups excluding carboxylic acids is 1. The number of carbonyl (C=O) groups is 1. The number of ether oxygens (including phenoxy) is 1. The normalized spacial score (nSPS) is 9.80. The largest absolute Gasteiger partial charge is 0.438 e. The Morgan fingerprint density at radius 2 is 2.20 bits per heavy atom. The number of rotatable bonds is 4. The second-order valence-electron chi connectivity index (χ2n) is 3.55. The zero-order chi connectivity index (χ0) is 14.7. The molecule has 2 rings (SSSR count). The summed E-state index contributed by atoms with van der Waals surface area (Å²) >= 11 is 2.95. The Kier molecular flexibility index (Phi) is 4.31. The number of benzene rings is 1. The van der Waals surface area contributed by atoms with Crippen LogP contribution in [-0.2, 0) is 0 Å². The first-order valence-electron chi connectivity index (χ1n) is 5.16. The Morgan fingerprint density at radius 1 is 1.45 bits per heavy atom. The lowest BCUT2D eigenvalue weighted by molar-refractivity contribution is -0.385. The minimum atomic E-state index is -0.605. The van der Waals surface area contributed by atoms with E-state index in [9.17, 15) is 14.9 Å². The zero-order valence-electron chi connectivity index (χ0n) is 9.70. The fraction of sp³-hybridized carbons (Fsp3) is 0. The molecule has 0 amide bonds. The number of hydrogen-bond donors (Lipinski definition) is 0. The minimum absolute atomic E-state index is 0.0638. The number of nitriles is 1. The van der Waals surface area contributed by atoms with Gasteiger partial charge >= 0.3 is 5.69 Å². The molecular formula is C12H5IN2O4S. The van der Waals surface area contributed by atoms with Crippen molar-refractivity contribution in [3.05, 3.63) is 48.4 Å². The smallest absolute Gasteiger partial charge is 0.314 e. The quantitative estimate of drug-likeness (QED) is 0.337. The first kappa shape index (κ1) is 14.4. The van der Waals surface area contributed by atoms with Gasteiger partial charge in [-0.05, 0) is 40.8 Å². The molecule has 1 aromatic carbocycles. The van der Waals surface area contributed by atoms with Gasteiger partial charge in [0.1, 0.15) is 0 Å². The second kappa shape index (κ2) is 5.98. The van der Waals surface area contributed by atoms with Gasteiger partial charge in [-0.1, -0.05) is 11.3 Å². The zero-order valence-corrected chi connectivity index (χ0v) is 12.7. The molecule has 0 saturated heterocycles. The lowest BCUT2D eigenvalue weighted by atomic mass is 10.2. The molecule has 100 valence electrons. The molecular weight excluding hydrogens is 395 g/mol. The number of hydrogen-bond acceptors (Lipinski definition) is 6. The summed E-state index contributed by atoms with van der Waals surface area (Å²) in [6.07, 6.45) is 0.676. The van der Waals surface area contributed by atoms with Crippen LogP contribution in [0.2, 0.25) is 0 Å². The average Bonchev–Trinajstić information content (AvgIpc) is 2.88. The molecule has 0 N–H and O–H groups in total. The number of nitrogens with zero attached hydrogens (tertiary/aromatic N) is 2. The van der Waals surface area contributed by atoms with Crippen molar-refractivity contribution < 1.29 is 14.5 Å². The van der Waals surface area contributed by atoms with Gasteiger partial charge in [-0.2, -0.15) is 5.26 Å². The lowest BCUT2D eigenvalue weighted by Crippen LogP contribution is -1.96. The molecule has 0 radical (unpaired) electrons. The summed E-state index contributed by atoms with van der Waals surface area (Å²) in [5, 5.41) is 20.3. The van der Waals surface area contributed by atoms with Crippen molar-refractivity contribution in [2.24, 2.45) is 0 Å². The Hall–Kier alpha value is -1.99. The van der Waals surface area contributed by atoms with E-state index in [0.717, 1.165) is 17.4 Å². The van der Waals surface area contributed by atoms with E-state index < -0.39 is 4.92 Å². The molecule has 0 bridgehead atoms. The van der Waals surface area contributed by atoms with Gasteiger partial charge in [-0.15, -0.1) is 0 Å². The molecule has 0 aliphatic carbocycles. The van der Waals surface area contributed by atoms with E-state index in [1.165, 1.54) is 6.07 Å². The van der Waals surface area contributed by atoms with Crippen LogP contribution in [0, 0.1) is 25.0 Å². The van der Waals surface area contributed by atoms with Gasteiger partial charge in [-0.3, -0.25) is 14.9 Å². The number of thiophene rings is 1. The summed E-state index contributed by atoms with van der Waals surface area (Å²) in [4.78, 5) is 21.5. The highest BCUT2D eigenvalue weighted by molar-refractivity contribution is 14.1. The van der Waals surface area contributed by atoms with E-state index in [0.29, 0.717) is 19.8 Å². The van der Waals surface area contributed by atoms with Crippen LogP contribution < -0.4 is 4.74 Å². The number of nitro groups is 1. The van der Waals surface area contributed by atoms with Crippen LogP contribution in [0.3, 0.4) is 0 Å². The summed E-state index contributed by atoms with van der Waals surface area (Å²) in [6.45, 7) is 0. The predicted molar refractivity (Wildman–Crippen MR) is 80.3 cm³/mol. The van der Waals surface area contributed by atoms with Gasteiger partial charge in [-0.25, -0.2) is 0 Å². The molecule has 0 aliphatic heterocycles. The number of nitro benzene ring substituents is 1. The molecule has 1 heterocycles. The molecule has 8 heteroatoms. The molecule has 20 heavy (non-hydrogen) atoms. The number of aldehydes is 1. The van der Waals surface area contributed by atoms with Crippen LogP contribution in [-0.4, -0.2) is 11.2 Å². The van der Waals surface area contributed by atoms with Gasteiger partial charge in [0.25, 0.3) is 0 Å². The standard InChI is InChI=1S/C12H5IN2O4S/c13-9-3-7(5-14)4-10(15(17)18)12(9)19-11-2-1-8(6-16)20-11/h1-4,6H. The van der Waals surface area contributed by atoms with Crippen LogP contribution in [0.1, 0.15) is 15.2 Å². The summed E-state index contributed by atoms with van der Waals surface area (Å²) in [6, 6.07) is 7.64. The third-order valence-corrected chi connectivity index (χ3v) is 3.96. The van der Waals surface area contributed by atoms with E-state index in [2.05, 4.69) is 0 Å². The Morgan fingerprint density at radius 3 is 2.75 bits per heavy atom. The monoisotopic (exact) mass is 400 g/mol. The van der Waals surface area contributed by atoms with E-state index in [4.69, 9.17) is 10.00 Å². The Labute approximate surface area is 130 Å². The molecule has 0 atom stereocenters. The second-order valence-corrected chi connectivity index (χ2v) is 5.79. The summed E-state index contributed by atoms with van der Waals surface area (Å²) in [5.41, 5.74) is -0.0947. The van der Waals surface area contributed by atoms with E-state index in [-0.39, 0.29) is 17.0 Å². The van der Waals surface area contributed by atoms with E-state index in [1.807, 2.05) is 28.7 Å². The maximum atomic E-state index is 11.1. The van der Waals surface area contributed by atoms with Gasteiger partial charge in [0.05, 0.1) is 25.0 Å². The number of halogens is 1. The Balaban J connectivity index is 2.47. The summed E-state index contributed by atoms with van der Waals surface area (Å²) in [5.74, 6) is 0.0638. The highest BCUT2D eigenvalue weighted by atomic mass is 127. The molecule has 6 nitrogen and oxygen atoms in total. The van der Waals surface area contributed by atoms with Gasteiger partial charge in [0.2, 0.25) is 5.75 Å².